The van der Waals surface area contributed by atoms with Gasteiger partial charge in [0.15, 0.2) is 0 Å². The maximum absolute atomic E-state index is 13.3. The summed E-state index contributed by atoms with van der Waals surface area (Å²) in [6.45, 7) is -0.0442. The van der Waals surface area contributed by atoms with E-state index in [0.29, 0.717) is 11.3 Å². The molecule has 3 N–H and O–H groups in total. The number of amides is 1. The Morgan fingerprint density at radius 2 is 1.59 bits per heavy atom. The number of fused-ring (bicyclic) bond motifs is 2. The minimum absolute atomic E-state index is 0.0319. The van der Waals surface area contributed by atoms with Crippen LogP contribution in [0.1, 0.15) is 5.56 Å². The predicted octanol–water partition coefficient (Wildman–Crippen LogP) is 6.86. The van der Waals surface area contributed by atoms with Crippen LogP contribution in [0.2, 0.25) is 0 Å². The number of methoxy groups -OCH3 is 1. The number of anilines is 3. The molecule has 1 aromatic heterocycles. The molecule has 0 spiro atoms. The minimum atomic E-state index is -0.829. The van der Waals surface area contributed by atoms with Gasteiger partial charge >= 0.3 is 6.09 Å². The first-order valence-corrected chi connectivity index (χ1v) is 11.4. The number of carbonyl (C=O) groups is 1. The largest absolute Gasteiger partial charge is 0.494 e. The molecule has 4 aromatic carbocycles. The van der Waals surface area contributed by atoms with E-state index >= 15 is 0 Å². The van der Waals surface area contributed by atoms with E-state index in [4.69, 9.17) is 14.5 Å². The average Bonchev–Trinajstić information content (AvgIpc) is 2.89. The quantitative estimate of drug-likeness (QED) is 0.167. The Hall–Kier alpha value is -4.92. The number of hydrogen-bond donors (Lipinski definition) is 3. The summed E-state index contributed by atoms with van der Waals surface area (Å²) in [5.41, 5.74) is 10.3. The number of nitrogens with one attached hydrogen (secondary N) is 3. The Labute approximate surface area is 211 Å². The van der Waals surface area contributed by atoms with Crippen LogP contribution in [0.15, 0.2) is 84.9 Å². The maximum atomic E-state index is 13.3. The van der Waals surface area contributed by atoms with Gasteiger partial charge in [-0.2, -0.15) is 0 Å². The highest BCUT2D eigenvalue weighted by molar-refractivity contribution is 6.09. The van der Waals surface area contributed by atoms with Crippen molar-refractivity contribution in [2.45, 2.75) is 6.61 Å². The summed E-state index contributed by atoms with van der Waals surface area (Å²) in [5, 5.41) is 4.13. The third-order valence-electron chi connectivity index (χ3n) is 5.63. The molecular formula is C28H22F2N4O3. The lowest BCUT2D eigenvalue weighted by Crippen LogP contribution is -2.14. The van der Waals surface area contributed by atoms with Gasteiger partial charge in [0, 0.05) is 22.5 Å². The van der Waals surface area contributed by atoms with Gasteiger partial charge in [0.25, 0.3) is 0 Å². The van der Waals surface area contributed by atoms with Gasteiger partial charge in [0.05, 0.1) is 24.0 Å². The Bertz CT molecular complexity index is 1590. The van der Waals surface area contributed by atoms with E-state index in [-0.39, 0.29) is 12.3 Å². The monoisotopic (exact) mass is 500 g/mol. The molecule has 0 aliphatic rings. The number of aromatic nitrogens is 1. The zero-order valence-corrected chi connectivity index (χ0v) is 19.7. The molecule has 0 aliphatic carbocycles. The summed E-state index contributed by atoms with van der Waals surface area (Å²) in [4.78, 5) is 16.9. The Morgan fingerprint density at radius 3 is 2.41 bits per heavy atom. The van der Waals surface area contributed by atoms with Gasteiger partial charge in [0.1, 0.15) is 29.5 Å². The molecule has 0 atom stereocenters. The number of para-hydroxylation sites is 2. The normalized spacial score (nSPS) is 10.8. The summed E-state index contributed by atoms with van der Waals surface area (Å²) in [6, 6.07) is 23.5. The van der Waals surface area contributed by atoms with E-state index < -0.39 is 17.7 Å². The summed E-state index contributed by atoms with van der Waals surface area (Å²) >= 11 is 0. The van der Waals surface area contributed by atoms with Crippen LogP contribution < -0.4 is 20.9 Å². The maximum Gasteiger partial charge on any atom is 0.411 e. The molecule has 0 saturated carbocycles. The van der Waals surface area contributed by atoms with Crippen molar-refractivity contribution >= 4 is 45.0 Å². The number of ether oxygens (including phenoxy) is 2. The molecule has 1 amide bonds. The summed E-state index contributed by atoms with van der Waals surface area (Å²) in [5.74, 6) is -0.922. The van der Waals surface area contributed by atoms with E-state index in [1.54, 1.807) is 13.2 Å². The highest BCUT2D eigenvalue weighted by Gasteiger charge is 2.12. The molecule has 0 radical (unpaired) electrons. The summed E-state index contributed by atoms with van der Waals surface area (Å²) < 4.78 is 37.4. The number of hydrogen-bond acceptors (Lipinski definition) is 6. The van der Waals surface area contributed by atoms with E-state index in [9.17, 15) is 13.6 Å². The molecule has 7 nitrogen and oxygen atoms in total. The van der Waals surface area contributed by atoms with Crippen LogP contribution in [0.5, 0.6) is 5.75 Å². The number of benzene rings is 4. The highest BCUT2D eigenvalue weighted by atomic mass is 19.1. The lowest BCUT2D eigenvalue weighted by atomic mass is 10.1. The van der Waals surface area contributed by atoms with Crippen LogP contribution in [-0.4, -0.2) is 18.2 Å². The fourth-order valence-corrected chi connectivity index (χ4v) is 3.99. The van der Waals surface area contributed by atoms with Gasteiger partial charge in [-0.05, 0) is 42.0 Å². The Balaban J connectivity index is 1.31. The molecular weight excluding hydrogens is 478 g/mol. The van der Waals surface area contributed by atoms with E-state index in [1.807, 2.05) is 60.7 Å². The van der Waals surface area contributed by atoms with Crippen molar-refractivity contribution in [1.82, 2.24) is 4.98 Å². The van der Waals surface area contributed by atoms with Gasteiger partial charge in [0.2, 0.25) is 0 Å². The van der Waals surface area contributed by atoms with Crippen LogP contribution >= 0.6 is 0 Å². The number of hydrazine groups is 1. The van der Waals surface area contributed by atoms with Crippen molar-refractivity contribution in [3.05, 3.63) is 102 Å². The van der Waals surface area contributed by atoms with Gasteiger partial charge < -0.3 is 14.9 Å². The second-order valence-electron chi connectivity index (χ2n) is 8.17. The first-order chi connectivity index (χ1) is 18.0. The van der Waals surface area contributed by atoms with E-state index in [2.05, 4.69) is 16.2 Å². The van der Waals surface area contributed by atoms with Crippen molar-refractivity contribution in [1.29, 1.82) is 0 Å². The smallest absolute Gasteiger partial charge is 0.411 e. The lowest BCUT2D eigenvalue weighted by molar-refractivity contribution is 0.155. The molecule has 186 valence electrons. The molecule has 0 saturated heterocycles. The third kappa shape index (κ3) is 5.35. The van der Waals surface area contributed by atoms with Gasteiger partial charge in [-0.25, -0.2) is 18.6 Å². The van der Waals surface area contributed by atoms with Crippen LogP contribution in [0.4, 0.5) is 30.6 Å². The number of pyridine rings is 1. The summed E-state index contributed by atoms with van der Waals surface area (Å²) in [6.07, 6.45) is -0.829. The number of halogens is 2. The van der Waals surface area contributed by atoms with Crippen LogP contribution in [0.3, 0.4) is 0 Å². The number of carbonyl (C=O) groups excluding carboxylic acids is 1. The molecule has 0 unspecified atom stereocenters. The van der Waals surface area contributed by atoms with Crippen molar-refractivity contribution in [3.63, 3.8) is 0 Å². The zero-order valence-electron chi connectivity index (χ0n) is 19.7. The topological polar surface area (TPSA) is 84.5 Å². The molecule has 1 heterocycles. The molecule has 5 aromatic rings. The highest BCUT2D eigenvalue weighted by Crippen LogP contribution is 2.35. The van der Waals surface area contributed by atoms with Crippen molar-refractivity contribution < 1.29 is 23.0 Å². The fourth-order valence-electron chi connectivity index (χ4n) is 3.99. The van der Waals surface area contributed by atoms with Gasteiger partial charge in [-0.1, -0.05) is 42.5 Å². The van der Waals surface area contributed by atoms with Gasteiger partial charge in [-0.15, -0.1) is 0 Å². The van der Waals surface area contributed by atoms with Crippen molar-refractivity contribution in [2.75, 3.05) is 23.3 Å². The van der Waals surface area contributed by atoms with E-state index in [0.717, 1.165) is 51.4 Å². The summed E-state index contributed by atoms with van der Waals surface area (Å²) in [7, 11) is 1.61. The Morgan fingerprint density at radius 1 is 0.838 bits per heavy atom. The van der Waals surface area contributed by atoms with Crippen molar-refractivity contribution in [2.24, 2.45) is 0 Å². The second-order valence-corrected chi connectivity index (χ2v) is 8.17. The first kappa shape index (κ1) is 23.8. The Kier molecular flexibility index (Phi) is 6.67. The zero-order chi connectivity index (χ0) is 25.8. The van der Waals surface area contributed by atoms with Crippen LogP contribution in [0, 0.1) is 11.6 Å². The van der Waals surface area contributed by atoms with Crippen LogP contribution in [-0.2, 0) is 11.3 Å². The minimum Gasteiger partial charge on any atom is -0.494 e. The molecule has 37 heavy (non-hydrogen) atoms. The van der Waals surface area contributed by atoms with Gasteiger partial charge in [-0.3, -0.25) is 10.7 Å². The number of rotatable bonds is 7. The molecule has 5 rings (SSSR count). The molecule has 0 aliphatic heterocycles. The second kappa shape index (κ2) is 10.4. The first-order valence-electron chi connectivity index (χ1n) is 11.4. The fraction of sp³-hybridized carbons (Fsp3) is 0.0714. The predicted molar refractivity (Wildman–Crippen MR) is 140 cm³/mol. The lowest BCUT2D eigenvalue weighted by Gasteiger charge is -2.16. The average molecular weight is 501 g/mol. The molecule has 0 bridgehead atoms. The third-order valence-corrected chi connectivity index (χ3v) is 5.63. The van der Waals surface area contributed by atoms with Crippen molar-refractivity contribution in [3.8, 4) is 5.75 Å². The molecule has 0 fully saturated rings. The standard InChI is InChI=1S/C28H22F2N4O3/c1-36-25-11-5-9-23-26(22-8-2-3-10-24(22)32-27(23)25)34-33-20-7-4-6-17(12-20)16-37-28(35)31-21-14-18(29)13-19(30)15-21/h2-15,33H,16H2,1H3,(H,31,35)(H,32,34). The SMILES string of the molecule is COc1cccc2c(NNc3cccc(COC(=O)Nc4cc(F)cc(F)c4)c3)c3ccccc3nc12. The molecule has 9 heteroatoms. The van der Waals surface area contributed by atoms with E-state index in [1.165, 1.54) is 0 Å². The van der Waals surface area contributed by atoms with Crippen LogP contribution in [0.25, 0.3) is 21.8 Å². The number of nitrogens with zero attached hydrogens (tertiary/aromatic N) is 1.